The van der Waals surface area contributed by atoms with Crippen molar-refractivity contribution in [1.82, 2.24) is 4.90 Å². The molecule has 1 aliphatic rings. The van der Waals surface area contributed by atoms with Crippen LogP contribution >= 0.6 is 0 Å². The summed E-state index contributed by atoms with van der Waals surface area (Å²) in [6.45, 7) is 2.46. The molecule has 3 heteroatoms. The molecule has 0 N–H and O–H groups in total. The Morgan fingerprint density at radius 2 is 1.35 bits per heavy atom. The van der Waals surface area contributed by atoms with Crippen LogP contribution in [0.5, 0.6) is 0 Å². The van der Waals surface area contributed by atoms with Crippen LogP contribution in [0.15, 0.2) is 84.9 Å². The number of nitrogens with zero attached hydrogens (tertiary/aromatic N) is 2. The van der Waals surface area contributed by atoms with Gasteiger partial charge in [0, 0.05) is 31.3 Å². The summed E-state index contributed by atoms with van der Waals surface area (Å²) in [6, 6.07) is 29.7. The van der Waals surface area contributed by atoms with E-state index in [0.29, 0.717) is 18.4 Å². The Balaban J connectivity index is 1.40. The minimum absolute atomic E-state index is 0.214. The van der Waals surface area contributed by atoms with Crippen molar-refractivity contribution in [1.29, 1.82) is 0 Å². The summed E-state index contributed by atoms with van der Waals surface area (Å²) in [6.07, 6.45) is 2.22. The van der Waals surface area contributed by atoms with E-state index in [-0.39, 0.29) is 5.78 Å². The van der Waals surface area contributed by atoms with Gasteiger partial charge in [0.15, 0.2) is 5.78 Å². The van der Waals surface area contributed by atoms with Crippen molar-refractivity contribution in [3.63, 3.8) is 0 Å². The summed E-state index contributed by atoms with van der Waals surface area (Å²) in [5, 5.41) is 0. The van der Waals surface area contributed by atoms with Crippen molar-refractivity contribution in [2.75, 3.05) is 38.6 Å². The molecule has 0 aliphatic carbocycles. The minimum Gasteiger partial charge on any atom is -0.378 e. The molecule has 3 aromatic carbocycles. The van der Waals surface area contributed by atoms with Gasteiger partial charge in [-0.2, -0.15) is 0 Å². The molecule has 160 valence electrons. The Morgan fingerprint density at radius 3 is 1.84 bits per heavy atom. The van der Waals surface area contributed by atoms with E-state index in [1.165, 1.54) is 11.1 Å². The second-order valence-corrected chi connectivity index (χ2v) is 8.78. The Bertz CT molecular complexity index is 919. The van der Waals surface area contributed by atoms with Crippen molar-refractivity contribution < 1.29 is 4.79 Å². The quantitative estimate of drug-likeness (QED) is 0.480. The second-order valence-electron chi connectivity index (χ2n) is 8.78. The van der Waals surface area contributed by atoms with E-state index < -0.39 is 0 Å². The number of rotatable bonds is 7. The number of likely N-dealkylation sites (tertiary alicyclic amines) is 1. The standard InChI is InChI=1S/C28H32N2O/c1-29(2)26-15-13-22(14-16-26)27(31)21-30-19-17-25(18-20-30)28(23-9-5-3-6-10-23)24-11-7-4-8-12-24/h3-16,25,28H,17-21H2,1-2H3. The normalized spacial score (nSPS) is 15.2. The van der Waals surface area contributed by atoms with E-state index >= 15 is 0 Å². The molecule has 0 radical (unpaired) electrons. The van der Waals surface area contributed by atoms with E-state index in [2.05, 4.69) is 70.5 Å². The lowest BCUT2D eigenvalue weighted by Gasteiger charge is -2.36. The van der Waals surface area contributed by atoms with Gasteiger partial charge in [-0.25, -0.2) is 0 Å². The van der Waals surface area contributed by atoms with Gasteiger partial charge in [-0.05, 0) is 67.2 Å². The molecule has 0 bridgehead atoms. The predicted octanol–water partition coefficient (Wildman–Crippen LogP) is 5.48. The van der Waals surface area contributed by atoms with Gasteiger partial charge < -0.3 is 4.90 Å². The topological polar surface area (TPSA) is 23.6 Å². The van der Waals surface area contributed by atoms with Gasteiger partial charge in [0.1, 0.15) is 0 Å². The second kappa shape index (κ2) is 9.93. The Hall–Kier alpha value is -2.91. The summed E-state index contributed by atoms with van der Waals surface area (Å²) in [4.78, 5) is 17.2. The first kappa shape index (κ1) is 21.3. The molecule has 1 saturated heterocycles. The number of benzene rings is 3. The van der Waals surface area contributed by atoms with Crippen LogP contribution in [0.1, 0.15) is 40.2 Å². The van der Waals surface area contributed by atoms with Crippen LogP contribution in [0.3, 0.4) is 0 Å². The maximum absolute atomic E-state index is 12.8. The van der Waals surface area contributed by atoms with Crippen molar-refractivity contribution in [2.45, 2.75) is 18.8 Å². The van der Waals surface area contributed by atoms with Gasteiger partial charge in [0.25, 0.3) is 0 Å². The van der Waals surface area contributed by atoms with Gasteiger partial charge in [-0.3, -0.25) is 9.69 Å². The van der Waals surface area contributed by atoms with Crippen LogP contribution in [0.4, 0.5) is 5.69 Å². The SMILES string of the molecule is CN(C)c1ccc(C(=O)CN2CCC(C(c3ccccc3)c3ccccc3)CC2)cc1. The first-order valence-corrected chi connectivity index (χ1v) is 11.2. The van der Waals surface area contributed by atoms with Crippen molar-refractivity contribution in [2.24, 2.45) is 5.92 Å². The molecule has 1 fully saturated rings. The molecule has 0 spiro atoms. The number of hydrogen-bond acceptors (Lipinski definition) is 3. The molecule has 31 heavy (non-hydrogen) atoms. The molecular weight excluding hydrogens is 380 g/mol. The molecule has 0 aromatic heterocycles. The van der Waals surface area contributed by atoms with E-state index in [1.807, 2.05) is 38.4 Å². The van der Waals surface area contributed by atoms with Crippen LogP contribution in [0, 0.1) is 5.92 Å². The summed E-state index contributed by atoms with van der Waals surface area (Å²) in [7, 11) is 4.03. The third-order valence-electron chi connectivity index (χ3n) is 6.49. The molecule has 1 aliphatic heterocycles. The maximum atomic E-state index is 12.8. The molecule has 0 saturated carbocycles. The highest BCUT2D eigenvalue weighted by Gasteiger charge is 2.29. The molecule has 0 unspecified atom stereocenters. The fourth-order valence-corrected chi connectivity index (χ4v) is 4.74. The predicted molar refractivity (Wildman–Crippen MR) is 129 cm³/mol. The lowest BCUT2D eigenvalue weighted by Crippen LogP contribution is -2.39. The lowest BCUT2D eigenvalue weighted by atomic mass is 9.76. The number of carbonyl (C=O) groups is 1. The number of carbonyl (C=O) groups excluding carboxylic acids is 1. The molecule has 0 amide bonds. The van der Waals surface area contributed by atoms with Gasteiger partial charge in [-0.15, -0.1) is 0 Å². The van der Waals surface area contributed by atoms with Crippen molar-refractivity contribution in [3.8, 4) is 0 Å². The molecular formula is C28H32N2O. The van der Waals surface area contributed by atoms with E-state index in [0.717, 1.165) is 37.2 Å². The maximum Gasteiger partial charge on any atom is 0.176 e. The Kier molecular flexibility index (Phi) is 6.83. The summed E-state index contributed by atoms with van der Waals surface area (Å²) in [5.41, 5.74) is 4.71. The Labute approximate surface area is 186 Å². The summed E-state index contributed by atoms with van der Waals surface area (Å²) >= 11 is 0. The number of piperidine rings is 1. The summed E-state index contributed by atoms with van der Waals surface area (Å²) in [5.74, 6) is 1.22. The largest absolute Gasteiger partial charge is 0.378 e. The van der Waals surface area contributed by atoms with Gasteiger partial charge in [0.05, 0.1) is 6.54 Å². The van der Waals surface area contributed by atoms with Crippen LogP contribution in [0.2, 0.25) is 0 Å². The van der Waals surface area contributed by atoms with E-state index in [4.69, 9.17) is 0 Å². The number of Topliss-reactive ketones (excluding diaryl/α,β-unsaturated/α-hetero) is 1. The lowest BCUT2D eigenvalue weighted by molar-refractivity contribution is 0.0891. The third kappa shape index (κ3) is 5.23. The van der Waals surface area contributed by atoms with Crippen LogP contribution in [0.25, 0.3) is 0 Å². The summed E-state index contributed by atoms with van der Waals surface area (Å²) < 4.78 is 0. The molecule has 4 rings (SSSR count). The molecule has 3 nitrogen and oxygen atoms in total. The number of hydrogen-bond donors (Lipinski definition) is 0. The number of anilines is 1. The minimum atomic E-state index is 0.214. The van der Waals surface area contributed by atoms with Crippen molar-refractivity contribution >= 4 is 11.5 Å². The highest BCUT2D eigenvalue weighted by Crippen LogP contribution is 2.37. The number of ketones is 1. The average Bonchev–Trinajstić information content (AvgIpc) is 2.82. The monoisotopic (exact) mass is 412 g/mol. The first-order valence-electron chi connectivity index (χ1n) is 11.2. The third-order valence-corrected chi connectivity index (χ3v) is 6.49. The Morgan fingerprint density at radius 1 is 0.839 bits per heavy atom. The molecule has 3 aromatic rings. The van der Waals surface area contributed by atoms with E-state index in [9.17, 15) is 4.79 Å². The average molecular weight is 413 g/mol. The first-order chi connectivity index (χ1) is 15.1. The fraction of sp³-hybridized carbons (Fsp3) is 0.321. The van der Waals surface area contributed by atoms with Gasteiger partial charge in [0.2, 0.25) is 0 Å². The van der Waals surface area contributed by atoms with Crippen molar-refractivity contribution in [3.05, 3.63) is 102 Å². The fourth-order valence-electron chi connectivity index (χ4n) is 4.74. The zero-order chi connectivity index (χ0) is 21.6. The highest BCUT2D eigenvalue weighted by atomic mass is 16.1. The molecule has 0 atom stereocenters. The van der Waals surface area contributed by atoms with E-state index in [1.54, 1.807) is 0 Å². The van der Waals surface area contributed by atoms with Gasteiger partial charge >= 0.3 is 0 Å². The smallest absolute Gasteiger partial charge is 0.176 e. The zero-order valence-corrected chi connectivity index (χ0v) is 18.6. The highest BCUT2D eigenvalue weighted by molar-refractivity contribution is 5.97. The van der Waals surface area contributed by atoms with Crippen LogP contribution in [-0.2, 0) is 0 Å². The van der Waals surface area contributed by atoms with Gasteiger partial charge in [-0.1, -0.05) is 60.7 Å². The van der Waals surface area contributed by atoms with Crippen LogP contribution < -0.4 is 4.90 Å². The van der Waals surface area contributed by atoms with Crippen LogP contribution in [-0.4, -0.2) is 44.4 Å². The molecule has 1 heterocycles. The zero-order valence-electron chi connectivity index (χ0n) is 18.6.